The molecule has 42 heavy (non-hydrogen) atoms. The van der Waals surface area contributed by atoms with Crippen LogP contribution < -0.4 is 9.47 Å². The summed E-state index contributed by atoms with van der Waals surface area (Å²) in [5.41, 5.74) is 3.27. The molecule has 220 valence electrons. The maximum absolute atomic E-state index is 13.2. The van der Waals surface area contributed by atoms with Crippen molar-refractivity contribution in [2.75, 3.05) is 7.11 Å². The fourth-order valence-electron chi connectivity index (χ4n) is 5.04. The van der Waals surface area contributed by atoms with Crippen LogP contribution in [0.25, 0.3) is 0 Å². The third-order valence-electron chi connectivity index (χ3n) is 7.09. The lowest BCUT2D eigenvalue weighted by Gasteiger charge is -2.37. The van der Waals surface area contributed by atoms with Gasteiger partial charge in [0.05, 0.1) is 23.7 Å². The second kappa shape index (κ2) is 11.9. The van der Waals surface area contributed by atoms with Crippen LogP contribution in [-0.2, 0) is 45.1 Å². The van der Waals surface area contributed by atoms with E-state index in [2.05, 4.69) is 0 Å². The highest BCUT2D eigenvalue weighted by Gasteiger charge is 2.39. The number of hydrogen-bond donors (Lipinski definition) is 0. The van der Waals surface area contributed by atoms with Crippen LogP contribution in [0.4, 0.5) is 4.79 Å². The molecule has 0 radical (unpaired) electrons. The molecule has 0 N–H and O–H groups in total. The SMILES string of the molecule is COC(=O)[C@@H]1Cc2cc3c(cc2CN1C(=O)OC(C)(C)C)O[C@@H](c1ccc(OCc2ccc(Cl)c(Cl)c2)cc1)C(=O)C3. The summed E-state index contributed by atoms with van der Waals surface area (Å²) in [5, 5.41) is 0.943. The van der Waals surface area contributed by atoms with E-state index in [1.807, 2.05) is 18.2 Å². The molecule has 0 aliphatic carbocycles. The Morgan fingerprint density at radius 3 is 2.38 bits per heavy atom. The number of carbonyl (C=O) groups is 3. The number of halogens is 2. The van der Waals surface area contributed by atoms with E-state index in [1.54, 1.807) is 57.2 Å². The van der Waals surface area contributed by atoms with E-state index >= 15 is 0 Å². The molecule has 0 saturated carbocycles. The Morgan fingerprint density at radius 2 is 1.71 bits per heavy atom. The summed E-state index contributed by atoms with van der Waals surface area (Å²) in [6.45, 7) is 5.76. The highest BCUT2D eigenvalue weighted by Crippen LogP contribution is 2.38. The Balaban J connectivity index is 1.32. The van der Waals surface area contributed by atoms with E-state index in [-0.39, 0.29) is 25.2 Å². The molecule has 0 fully saturated rings. The summed E-state index contributed by atoms with van der Waals surface area (Å²) in [5.74, 6) is 0.590. The van der Waals surface area contributed by atoms with Crippen molar-refractivity contribution in [3.8, 4) is 11.5 Å². The molecule has 3 aromatic rings. The van der Waals surface area contributed by atoms with E-state index in [0.717, 1.165) is 22.3 Å². The van der Waals surface area contributed by atoms with Crippen molar-refractivity contribution in [1.82, 2.24) is 4.90 Å². The number of Topliss-reactive ketones (excluding diaryl/α,β-unsaturated/α-hetero) is 1. The Morgan fingerprint density at radius 1 is 0.976 bits per heavy atom. The van der Waals surface area contributed by atoms with Gasteiger partial charge in [-0.15, -0.1) is 0 Å². The fraction of sp³-hybridized carbons (Fsp3) is 0.344. The average Bonchev–Trinajstić information content (AvgIpc) is 2.94. The summed E-state index contributed by atoms with van der Waals surface area (Å²) in [7, 11) is 1.29. The molecule has 2 aliphatic heterocycles. The Labute approximate surface area is 254 Å². The number of hydrogen-bond acceptors (Lipinski definition) is 7. The molecule has 2 atom stereocenters. The molecule has 1 amide bonds. The van der Waals surface area contributed by atoms with Crippen molar-refractivity contribution in [2.24, 2.45) is 0 Å². The van der Waals surface area contributed by atoms with Crippen LogP contribution in [0.1, 0.15) is 54.7 Å². The van der Waals surface area contributed by atoms with Gasteiger partial charge in [-0.25, -0.2) is 9.59 Å². The van der Waals surface area contributed by atoms with Crippen LogP contribution in [0.3, 0.4) is 0 Å². The lowest BCUT2D eigenvalue weighted by molar-refractivity contribution is -0.147. The number of rotatable bonds is 5. The van der Waals surface area contributed by atoms with Gasteiger partial charge in [-0.05, 0) is 67.8 Å². The van der Waals surface area contributed by atoms with Crippen LogP contribution in [0.2, 0.25) is 10.0 Å². The first-order valence-electron chi connectivity index (χ1n) is 13.5. The van der Waals surface area contributed by atoms with E-state index in [9.17, 15) is 14.4 Å². The number of esters is 1. The van der Waals surface area contributed by atoms with E-state index < -0.39 is 29.8 Å². The molecule has 0 aromatic heterocycles. The van der Waals surface area contributed by atoms with Crippen molar-refractivity contribution in [3.63, 3.8) is 0 Å². The molecule has 0 spiro atoms. The topological polar surface area (TPSA) is 91.4 Å². The maximum atomic E-state index is 13.2. The number of ether oxygens (including phenoxy) is 4. The Hall–Kier alpha value is -3.75. The van der Waals surface area contributed by atoms with E-state index in [0.29, 0.717) is 33.7 Å². The van der Waals surface area contributed by atoms with Gasteiger partial charge >= 0.3 is 12.1 Å². The first-order valence-corrected chi connectivity index (χ1v) is 14.3. The molecule has 3 aromatic carbocycles. The molecular weight excluding hydrogens is 581 g/mol. The number of amides is 1. The van der Waals surface area contributed by atoms with Gasteiger partial charge in [0.15, 0.2) is 11.9 Å². The molecule has 2 heterocycles. The van der Waals surface area contributed by atoms with Crippen molar-refractivity contribution >= 4 is 41.0 Å². The summed E-state index contributed by atoms with van der Waals surface area (Å²) in [4.78, 5) is 40.1. The van der Waals surface area contributed by atoms with Gasteiger partial charge in [0.2, 0.25) is 0 Å². The zero-order valence-electron chi connectivity index (χ0n) is 23.7. The van der Waals surface area contributed by atoms with Crippen LogP contribution in [-0.4, -0.2) is 41.5 Å². The molecule has 2 aliphatic rings. The minimum atomic E-state index is -0.833. The van der Waals surface area contributed by atoms with Gasteiger partial charge in [0.1, 0.15) is 29.7 Å². The Kier molecular flexibility index (Phi) is 8.39. The second-order valence-electron chi connectivity index (χ2n) is 11.3. The van der Waals surface area contributed by atoms with E-state index in [4.69, 9.17) is 42.1 Å². The minimum absolute atomic E-state index is 0.0809. The maximum Gasteiger partial charge on any atom is 0.411 e. The number of carbonyl (C=O) groups excluding carboxylic acids is 3. The smallest absolute Gasteiger partial charge is 0.411 e. The third-order valence-corrected chi connectivity index (χ3v) is 7.83. The van der Waals surface area contributed by atoms with Gasteiger partial charge in [0, 0.05) is 24.0 Å². The summed E-state index contributed by atoms with van der Waals surface area (Å²) < 4.78 is 22.6. The highest BCUT2D eigenvalue weighted by molar-refractivity contribution is 6.42. The number of nitrogens with zero attached hydrogens (tertiary/aromatic N) is 1. The molecule has 0 bridgehead atoms. The molecule has 0 saturated heterocycles. The molecule has 5 rings (SSSR count). The lowest BCUT2D eigenvalue weighted by atomic mass is 9.88. The van der Waals surface area contributed by atoms with Crippen LogP contribution in [0, 0.1) is 0 Å². The van der Waals surface area contributed by atoms with Crippen molar-refractivity contribution in [1.29, 1.82) is 0 Å². The van der Waals surface area contributed by atoms with Crippen molar-refractivity contribution in [3.05, 3.63) is 92.5 Å². The van der Waals surface area contributed by atoms with Crippen molar-refractivity contribution < 1.29 is 33.3 Å². The first kappa shape index (κ1) is 29.7. The largest absolute Gasteiger partial charge is 0.489 e. The van der Waals surface area contributed by atoms with Gasteiger partial charge in [-0.3, -0.25) is 9.69 Å². The zero-order chi connectivity index (χ0) is 30.2. The molecule has 10 heteroatoms. The summed E-state index contributed by atoms with van der Waals surface area (Å²) >= 11 is 12.1. The van der Waals surface area contributed by atoms with E-state index in [1.165, 1.54) is 12.0 Å². The standard InChI is InChI=1S/C32H31Cl2NO7/c1-32(2,3)42-31(38)35-16-22-15-28-21(12-20(22)13-26(35)30(37)39-4)14-27(36)29(41-28)19-6-8-23(9-7-19)40-17-18-5-10-24(33)25(34)11-18/h5-12,15,26,29H,13-14,16-17H2,1-4H3/t26-,29-/m0/s1. The normalized spacial score (nSPS) is 18.0. The minimum Gasteiger partial charge on any atom is -0.489 e. The number of fused-ring (bicyclic) bond motifs is 2. The quantitative estimate of drug-likeness (QED) is 0.298. The highest BCUT2D eigenvalue weighted by atomic mass is 35.5. The first-order chi connectivity index (χ1) is 19.9. The van der Waals surface area contributed by atoms with Crippen LogP contribution in [0.15, 0.2) is 54.6 Å². The number of ketones is 1. The summed E-state index contributed by atoms with van der Waals surface area (Å²) in [6.07, 6.45) is -0.957. The monoisotopic (exact) mass is 611 g/mol. The van der Waals surface area contributed by atoms with Crippen molar-refractivity contribution in [2.45, 2.75) is 64.5 Å². The molecule has 0 unspecified atom stereocenters. The summed E-state index contributed by atoms with van der Waals surface area (Å²) in [6, 6.07) is 15.4. The van der Waals surface area contributed by atoms with Crippen LogP contribution in [0.5, 0.6) is 11.5 Å². The van der Waals surface area contributed by atoms with Gasteiger partial charge in [0.25, 0.3) is 0 Å². The van der Waals surface area contributed by atoms with Crippen LogP contribution >= 0.6 is 23.2 Å². The second-order valence-corrected chi connectivity index (χ2v) is 12.1. The van der Waals surface area contributed by atoms with Gasteiger partial charge < -0.3 is 18.9 Å². The lowest BCUT2D eigenvalue weighted by Crippen LogP contribution is -2.50. The predicted octanol–water partition coefficient (Wildman–Crippen LogP) is 6.65. The Bertz CT molecular complexity index is 1530. The molecule has 8 nitrogen and oxygen atoms in total. The fourth-order valence-corrected chi connectivity index (χ4v) is 5.36. The van der Waals surface area contributed by atoms with Gasteiger partial charge in [-0.2, -0.15) is 0 Å². The number of methoxy groups -OCH3 is 1. The van der Waals surface area contributed by atoms with Gasteiger partial charge in [-0.1, -0.05) is 47.5 Å². The number of benzene rings is 3. The molecular formula is C32H31Cl2NO7. The zero-order valence-corrected chi connectivity index (χ0v) is 25.3. The third kappa shape index (κ3) is 6.50. The predicted molar refractivity (Wildman–Crippen MR) is 157 cm³/mol. The average molecular weight is 613 g/mol.